The molecule has 19 heavy (non-hydrogen) atoms. The first-order valence-corrected chi connectivity index (χ1v) is 9.85. The van der Waals surface area contributed by atoms with Gasteiger partial charge >= 0.3 is 0 Å². The Kier molecular flexibility index (Phi) is 4.69. The van der Waals surface area contributed by atoms with Crippen molar-refractivity contribution in [2.45, 2.75) is 82.4 Å². The Labute approximate surface area is 120 Å². The smallest absolute Gasteiger partial charge is 0.0186 e. The number of hydrogen-bond acceptors (Lipinski definition) is 0. The van der Waals surface area contributed by atoms with Crippen LogP contribution in [0.25, 0.3) is 0 Å². The van der Waals surface area contributed by atoms with Crippen molar-refractivity contribution in [3.63, 3.8) is 0 Å². The predicted molar refractivity (Wildman–Crippen MR) is 87.1 cm³/mol. The van der Waals surface area contributed by atoms with E-state index in [1.807, 2.05) is 0 Å². The fourth-order valence-corrected chi connectivity index (χ4v) is 8.17. The molecule has 0 unspecified atom stereocenters. The molecule has 0 radical (unpaired) electrons. The van der Waals surface area contributed by atoms with Gasteiger partial charge in [0.2, 0.25) is 0 Å². The topological polar surface area (TPSA) is 0 Å². The van der Waals surface area contributed by atoms with Crippen LogP contribution in [0.1, 0.15) is 69.8 Å². The molecule has 0 aromatic heterocycles. The SMILES string of the molecule is Cc1cc[cH-]c1P(C1CCCCC1)C1CCCCC1. The van der Waals surface area contributed by atoms with E-state index in [1.54, 1.807) is 10.9 Å². The molecule has 1 aromatic carbocycles. The zero-order chi connectivity index (χ0) is 13.1. The van der Waals surface area contributed by atoms with Gasteiger partial charge in [-0.3, -0.25) is 0 Å². The van der Waals surface area contributed by atoms with Crippen LogP contribution in [0.2, 0.25) is 0 Å². The van der Waals surface area contributed by atoms with Crippen LogP contribution < -0.4 is 5.30 Å². The standard InChI is InChI=1S/C18H28P/c1-15-9-8-14-18(15)19(16-10-4-2-5-11-16)17-12-6-3-7-13-17/h8-9,14,16-17H,2-7,10-13H2,1H3/q-1. The highest BCUT2D eigenvalue weighted by Crippen LogP contribution is 2.55. The van der Waals surface area contributed by atoms with E-state index in [0.29, 0.717) is 0 Å². The van der Waals surface area contributed by atoms with Gasteiger partial charge in [0.25, 0.3) is 0 Å². The molecule has 0 N–H and O–H groups in total. The lowest BCUT2D eigenvalue weighted by Gasteiger charge is -2.41. The van der Waals surface area contributed by atoms with Gasteiger partial charge in [0.15, 0.2) is 0 Å². The summed E-state index contributed by atoms with van der Waals surface area (Å²) in [6.45, 7) is 2.34. The Morgan fingerprint density at radius 2 is 1.42 bits per heavy atom. The predicted octanol–water partition coefficient (Wildman–Crippen LogP) is 5.49. The van der Waals surface area contributed by atoms with E-state index in [-0.39, 0.29) is 7.92 Å². The summed E-state index contributed by atoms with van der Waals surface area (Å²) >= 11 is 0. The van der Waals surface area contributed by atoms with Crippen LogP contribution in [0.4, 0.5) is 0 Å². The Balaban J connectivity index is 1.83. The monoisotopic (exact) mass is 275 g/mol. The molecule has 0 amide bonds. The van der Waals surface area contributed by atoms with Crippen molar-refractivity contribution in [2.75, 3.05) is 0 Å². The maximum atomic E-state index is 2.46. The molecular formula is C18H28P-. The molecule has 0 spiro atoms. The number of aryl methyl sites for hydroxylation is 1. The van der Waals surface area contributed by atoms with Crippen LogP contribution in [0.3, 0.4) is 0 Å². The third-order valence-electron chi connectivity index (χ3n) is 5.22. The van der Waals surface area contributed by atoms with Gasteiger partial charge in [-0.2, -0.15) is 17.7 Å². The highest BCUT2D eigenvalue weighted by atomic mass is 31.1. The lowest BCUT2D eigenvalue weighted by Crippen LogP contribution is -2.26. The largest absolute Gasteiger partial charge is 0.210 e. The third-order valence-corrected chi connectivity index (χ3v) is 8.88. The minimum absolute atomic E-state index is 0.124. The second kappa shape index (κ2) is 6.49. The summed E-state index contributed by atoms with van der Waals surface area (Å²) in [6, 6.07) is 7.10. The minimum Gasteiger partial charge on any atom is -0.210 e. The normalized spacial score (nSPS) is 23.1. The first-order chi connectivity index (χ1) is 9.36. The fraction of sp³-hybridized carbons (Fsp3) is 0.722. The van der Waals surface area contributed by atoms with E-state index >= 15 is 0 Å². The van der Waals surface area contributed by atoms with Gasteiger partial charge in [0.1, 0.15) is 0 Å². The van der Waals surface area contributed by atoms with Gasteiger partial charge in [-0.05, 0) is 37.0 Å². The van der Waals surface area contributed by atoms with Crippen LogP contribution in [0.15, 0.2) is 18.2 Å². The Morgan fingerprint density at radius 3 is 1.84 bits per heavy atom. The van der Waals surface area contributed by atoms with Crippen molar-refractivity contribution in [1.82, 2.24) is 0 Å². The zero-order valence-corrected chi connectivity index (χ0v) is 13.3. The molecule has 0 saturated heterocycles. The Hall–Kier alpha value is -0.220. The van der Waals surface area contributed by atoms with E-state index < -0.39 is 0 Å². The average Bonchev–Trinajstić information content (AvgIpc) is 2.88. The van der Waals surface area contributed by atoms with Gasteiger partial charge in [0, 0.05) is 0 Å². The molecule has 1 aromatic rings. The van der Waals surface area contributed by atoms with Crippen molar-refractivity contribution in [1.29, 1.82) is 0 Å². The maximum Gasteiger partial charge on any atom is -0.0186 e. The average molecular weight is 275 g/mol. The Morgan fingerprint density at radius 1 is 0.895 bits per heavy atom. The van der Waals surface area contributed by atoms with E-state index in [2.05, 4.69) is 25.1 Å². The summed E-state index contributed by atoms with van der Waals surface area (Å²) in [5.74, 6) is 0. The molecule has 2 aliphatic carbocycles. The lowest BCUT2D eigenvalue weighted by molar-refractivity contribution is 0.487. The maximum absolute atomic E-state index is 2.46. The molecule has 106 valence electrons. The van der Waals surface area contributed by atoms with Gasteiger partial charge in [-0.15, -0.1) is 5.30 Å². The van der Waals surface area contributed by atoms with Gasteiger partial charge in [0.05, 0.1) is 0 Å². The highest BCUT2D eigenvalue weighted by molar-refractivity contribution is 7.67. The van der Waals surface area contributed by atoms with Crippen molar-refractivity contribution in [3.05, 3.63) is 23.8 Å². The number of hydrogen-bond donors (Lipinski definition) is 0. The first-order valence-electron chi connectivity index (χ1n) is 8.37. The molecule has 2 aliphatic rings. The second-order valence-corrected chi connectivity index (χ2v) is 9.34. The summed E-state index contributed by atoms with van der Waals surface area (Å²) in [5, 5.41) is 1.77. The van der Waals surface area contributed by atoms with Crippen molar-refractivity contribution < 1.29 is 0 Å². The second-order valence-electron chi connectivity index (χ2n) is 6.58. The molecule has 0 nitrogen and oxygen atoms in total. The lowest BCUT2D eigenvalue weighted by atomic mass is 9.99. The summed E-state index contributed by atoms with van der Waals surface area (Å²) in [4.78, 5) is 0. The zero-order valence-electron chi connectivity index (χ0n) is 12.4. The summed E-state index contributed by atoms with van der Waals surface area (Å²) < 4.78 is 0. The molecule has 1 heteroatoms. The first kappa shape index (κ1) is 13.7. The van der Waals surface area contributed by atoms with Crippen LogP contribution in [0.5, 0.6) is 0 Å². The van der Waals surface area contributed by atoms with Crippen LogP contribution in [0, 0.1) is 6.92 Å². The molecule has 0 atom stereocenters. The van der Waals surface area contributed by atoms with Crippen LogP contribution in [-0.2, 0) is 0 Å². The van der Waals surface area contributed by atoms with Crippen molar-refractivity contribution in [2.24, 2.45) is 0 Å². The van der Waals surface area contributed by atoms with Gasteiger partial charge in [-0.25, -0.2) is 6.07 Å². The quantitative estimate of drug-likeness (QED) is 0.505. The minimum atomic E-state index is 0.124. The van der Waals surface area contributed by atoms with Crippen molar-refractivity contribution >= 4 is 13.2 Å². The summed E-state index contributed by atoms with van der Waals surface area (Å²) in [7, 11) is 0.124. The molecule has 0 bridgehead atoms. The van der Waals surface area contributed by atoms with Gasteiger partial charge in [-0.1, -0.05) is 53.4 Å². The van der Waals surface area contributed by atoms with Gasteiger partial charge < -0.3 is 0 Å². The number of rotatable bonds is 3. The molecule has 3 rings (SSSR count). The highest BCUT2D eigenvalue weighted by Gasteiger charge is 2.30. The third kappa shape index (κ3) is 3.10. The van der Waals surface area contributed by atoms with E-state index in [0.717, 1.165) is 11.3 Å². The fourth-order valence-electron chi connectivity index (χ4n) is 4.20. The summed E-state index contributed by atoms with van der Waals surface area (Å²) in [6.07, 6.45) is 15.0. The molecule has 2 saturated carbocycles. The molecule has 0 heterocycles. The van der Waals surface area contributed by atoms with Crippen LogP contribution >= 0.6 is 7.92 Å². The van der Waals surface area contributed by atoms with E-state index in [1.165, 1.54) is 64.2 Å². The molecule has 0 aliphatic heterocycles. The van der Waals surface area contributed by atoms with E-state index in [4.69, 9.17) is 0 Å². The summed E-state index contributed by atoms with van der Waals surface area (Å²) in [5.41, 5.74) is 3.68. The van der Waals surface area contributed by atoms with Crippen molar-refractivity contribution in [3.8, 4) is 0 Å². The van der Waals surface area contributed by atoms with Crippen LogP contribution in [-0.4, -0.2) is 11.3 Å². The Bertz CT molecular complexity index is 362. The van der Waals surface area contributed by atoms with E-state index in [9.17, 15) is 0 Å². The molecular weight excluding hydrogens is 247 g/mol. The molecule has 2 fully saturated rings.